The van der Waals surface area contributed by atoms with Gasteiger partial charge in [0.15, 0.2) is 5.60 Å². The second-order valence-electron chi connectivity index (χ2n) is 8.55. The second-order valence-corrected chi connectivity index (χ2v) is 11.0. The van der Waals surface area contributed by atoms with Crippen LogP contribution in [0.25, 0.3) is 0 Å². The molecule has 2 fully saturated rings. The van der Waals surface area contributed by atoms with Crippen molar-refractivity contribution in [3.05, 3.63) is 35.4 Å². The SMILES string of the molecule is CC(C)c1ccc(CNC(=O)[C@H]2CN(S(=O)(=O)C(C)C)C[C@@]23OCCNC3=O)cc1. The van der Waals surface area contributed by atoms with E-state index in [1.54, 1.807) is 13.8 Å². The molecular formula is C21H31N3O5S. The quantitative estimate of drug-likeness (QED) is 0.690. The Bertz CT molecular complexity index is 898. The molecule has 2 N–H and O–H groups in total. The Kier molecular flexibility index (Phi) is 6.54. The second kappa shape index (κ2) is 8.64. The maximum atomic E-state index is 13.1. The Morgan fingerprint density at radius 1 is 1.27 bits per heavy atom. The van der Waals surface area contributed by atoms with Crippen LogP contribution in [0, 0.1) is 5.92 Å². The predicted octanol–water partition coefficient (Wildman–Crippen LogP) is 0.981. The van der Waals surface area contributed by atoms with Crippen molar-refractivity contribution < 1.29 is 22.7 Å². The van der Waals surface area contributed by atoms with E-state index in [1.165, 1.54) is 9.87 Å². The summed E-state index contributed by atoms with van der Waals surface area (Å²) in [5.74, 6) is -1.32. The van der Waals surface area contributed by atoms with E-state index in [1.807, 2.05) is 24.3 Å². The number of hydrogen-bond acceptors (Lipinski definition) is 5. The van der Waals surface area contributed by atoms with Crippen LogP contribution in [0.4, 0.5) is 0 Å². The Labute approximate surface area is 178 Å². The first-order valence-electron chi connectivity index (χ1n) is 10.4. The molecule has 8 nitrogen and oxygen atoms in total. The van der Waals surface area contributed by atoms with Crippen molar-refractivity contribution in [1.29, 1.82) is 0 Å². The largest absolute Gasteiger partial charge is 0.361 e. The summed E-state index contributed by atoms with van der Waals surface area (Å²) >= 11 is 0. The molecule has 0 aromatic heterocycles. The zero-order valence-corrected chi connectivity index (χ0v) is 18.8. The van der Waals surface area contributed by atoms with E-state index in [0.29, 0.717) is 19.0 Å². The molecule has 0 unspecified atom stereocenters. The molecule has 1 aromatic rings. The molecule has 2 amide bonds. The molecule has 1 spiro atoms. The maximum Gasteiger partial charge on any atom is 0.254 e. The van der Waals surface area contributed by atoms with Gasteiger partial charge in [0.1, 0.15) is 0 Å². The van der Waals surface area contributed by atoms with Crippen LogP contribution in [0.3, 0.4) is 0 Å². The first-order valence-corrected chi connectivity index (χ1v) is 11.9. The van der Waals surface area contributed by atoms with Crippen molar-refractivity contribution in [1.82, 2.24) is 14.9 Å². The molecule has 2 aliphatic rings. The van der Waals surface area contributed by atoms with Gasteiger partial charge < -0.3 is 15.4 Å². The molecule has 2 heterocycles. The minimum atomic E-state index is -3.63. The summed E-state index contributed by atoms with van der Waals surface area (Å²) < 4.78 is 32.4. The first-order chi connectivity index (χ1) is 14.1. The number of rotatable bonds is 6. The van der Waals surface area contributed by atoms with Crippen molar-refractivity contribution in [3.8, 4) is 0 Å². The van der Waals surface area contributed by atoms with Gasteiger partial charge in [-0.2, -0.15) is 4.31 Å². The lowest BCUT2D eigenvalue weighted by Gasteiger charge is -2.36. The van der Waals surface area contributed by atoms with Crippen LogP contribution in [0.2, 0.25) is 0 Å². The van der Waals surface area contributed by atoms with Gasteiger partial charge in [0, 0.05) is 19.6 Å². The van der Waals surface area contributed by atoms with E-state index < -0.39 is 32.7 Å². The van der Waals surface area contributed by atoms with E-state index in [9.17, 15) is 18.0 Å². The molecular weight excluding hydrogens is 406 g/mol. The van der Waals surface area contributed by atoms with Gasteiger partial charge in [-0.3, -0.25) is 9.59 Å². The predicted molar refractivity (Wildman–Crippen MR) is 113 cm³/mol. The fourth-order valence-corrected chi connectivity index (χ4v) is 5.22. The highest BCUT2D eigenvalue weighted by Gasteiger charge is 2.59. The van der Waals surface area contributed by atoms with Gasteiger partial charge >= 0.3 is 0 Å². The summed E-state index contributed by atoms with van der Waals surface area (Å²) in [6.45, 7) is 8.03. The number of nitrogens with zero attached hydrogens (tertiary/aromatic N) is 1. The van der Waals surface area contributed by atoms with Crippen molar-refractivity contribution in [2.45, 2.75) is 51.0 Å². The third-order valence-electron chi connectivity index (χ3n) is 5.88. The molecule has 0 bridgehead atoms. The molecule has 2 aliphatic heterocycles. The van der Waals surface area contributed by atoms with Crippen molar-refractivity contribution in [2.75, 3.05) is 26.2 Å². The average molecular weight is 438 g/mol. The van der Waals surface area contributed by atoms with Crippen LogP contribution in [0.15, 0.2) is 24.3 Å². The summed E-state index contributed by atoms with van der Waals surface area (Å²) in [7, 11) is -3.63. The molecule has 1 aromatic carbocycles. The smallest absolute Gasteiger partial charge is 0.254 e. The van der Waals surface area contributed by atoms with Crippen LogP contribution >= 0.6 is 0 Å². The lowest BCUT2D eigenvalue weighted by atomic mass is 9.87. The molecule has 30 heavy (non-hydrogen) atoms. The highest BCUT2D eigenvalue weighted by molar-refractivity contribution is 7.89. The minimum absolute atomic E-state index is 0.0773. The van der Waals surface area contributed by atoms with Crippen LogP contribution in [-0.4, -0.2) is 61.6 Å². The van der Waals surface area contributed by atoms with Gasteiger partial charge in [-0.1, -0.05) is 38.1 Å². The number of ether oxygens (including phenoxy) is 1. The topological polar surface area (TPSA) is 105 Å². The van der Waals surface area contributed by atoms with Gasteiger partial charge in [-0.15, -0.1) is 0 Å². The summed E-state index contributed by atoms with van der Waals surface area (Å²) in [5.41, 5.74) is 0.647. The van der Waals surface area contributed by atoms with E-state index in [0.717, 1.165) is 5.56 Å². The zero-order valence-electron chi connectivity index (χ0n) is 18.0. The van der Waals surface area contributed by atoms with Crippen molar-refractivity contribution in [2.24, 2.45) is 5.92 Å². The van der Waals surface area contributed by atoms with Crippen molar-refractivity contribution >= 4 is 21.8 Å². The average Bonchev–Trinajstić information content (AvgIpc) is 3.10. The third-order valence-corrected chi connectivity index (χ3v) is 8.07. The van der Waals surface area contributed by atoms with Gasteiger partial charge in [0.25, 0.3) is 5.91 Å². The highest BCUT2D eigenvalue weighted by Crippen LogP contribution is 2.36. The summed E-state index contributed by atoms with van der Waals surface area (Å²) in [4.78, 5) is 25.8. The van der Waals surface area contributed by atoms with E-state index >= 15 is 0 Å². The number of benzene rings is 1. The summed E-state index contributed by atoms with van der Waals surface area (Å²) in [5, 5.41) is 4.94. The van der Waals surface area contributed by atoms with Crippen molar-refractivity contribution in [3.63, 3.8) is 0 Å². The van der Waals surface area contributed by atoms with E-state index in [4.69, 9.17) is 4.74 Å². The van der Waals surface area contributed by atoms with Gasteiger partial charge in [0.2, 0.25) is 15.9 Å². The van der Waals surface area contributed by atoms with E-state index in [-0.39, 0.29) is 25.6 Å². The lowest BCUT2D eigenvalue weighted by molar-refractivity contribution is -0.163. The normalized spacial score (nSPS) is 25.1. The molecule has 166 valence electrons. The summed E-state index contributed by atoms with van der Waals surface area (Å²) in [6.07, 6.45) is 0. The first kappa shape index (κ1) is 22.7. The fourth-order valence-electron chi connectivity index (χ4n) is 3.90. The number of carbonyl (C=O) groups excluding carboxylic acids is 2. The van der Waals surface area contributed by atoms with Crippen LogP contribution < -0.4 is 10.6 Å². The van der Waals surface area contributed by atoms with Gasteiger partial charge in [0.05, 0.1) is 24.3 Å². The molecule has 2 atom stereocenters. The Balaban J connectivity index is 1.78. The maximum absolute atomic E-state index is 13.1. The Morgan fingerprint density at radius 2 is 1.93 bits per heavy atom. The number of amides is 2. The van der Waals surface area contributed by atoms with E-state index in [2.05, 4.69) is 24.5 Å². The molecule has 3 rings (SSSR count). The number of hydrogen-bond donors (Lipinski definition) is 2. The molecule has 2 saturated heterocycles. The Morgan fingerprint density at radius 3 is 2.50 bits per heavy atom. The molecule has 9 heteroatoms. The minimum Gasteiger partial charge on any atom is -0.361 e. The number of nitrogens with one attached hydrogen (secondary N) is 2. The number of carbonyl (C=O) groups is 2. The van der Waals surface area contributed by atoms with Gasteiger partial charge in [-0.05, 0) is 30.9 Å². The monoisotopic (exact) mass is 437 g/mol. The number of sulfonamides is 1. The Hall–Kier alpha value is -1.97. The van der Waals surface area contributed by atoms with Gasteiger partial charge in [-0.25, -0.2) is 8.42 Å². The van der Waals surface area contributed by atoms with Crippen LogP contribution in [-0.2, 0) is 30.9 Å². The standard InChI is InChI=1S/C21H31N3O5S/c1-14(2)17-7-5-16(6-8-17)11-23-19(25)18-12-24(30(27,28)15(3)4)13-21(18)20(26)22-9-10-29-21/h5-8,14-15,18H,9-13H2,1-4H3,(H,22,26)(H,23,25)/t18-,21-/m1/s1. The fraction of sp³-hybridized carbons (Fsp3) is 0.619. The van der Waals surface area contributed by atoms with Crippen LogP contribution in [0.5, 0.6) is 0 Å². The zero-order chi connectivity index (χ0) is 22.1. The molecule has 0 aliphatic carbocycles. The summed E-state index contributed by atoms with van der Waals surface area (Å²) in [6, 6.07) is 7.97. The lowest BCUT2D eigenvalue weighted by Crippen LogP contribution is -2.62. The van der Waals surface area contributed by atoms with Crippen LogP contribution in [0.1, 0.15) is 44.7 Å². The number of morpholine rings is 1. The molecule has 0 saturated carbocycles. The highest BCUT2D eigenvalue weighted by atomic mass is 32.2. The molecule has 0 radical (unpaired) electrons. The third kappa shape index (κ3) is 4.24.